The molecule has 0 spiro atoms. The van der Waals surface area contributed by atoms with Gasteiger partial charge in [0.2, 0.25) is 0 Å². The molecule has 0 rings (SSSR count). The van der Waals surface area contributed by atoms with Crippen molar-refractivity contribution in [3.63, 3.8) is 0 Å². The minimum absolute atomic E-state index is 0.0730. The van der Waals surface area contributed by atoms with Crippen LogP contribution in [-0.2, 0) is 0 Å². The second kappa shape index (κ2) is 16.0. The van der Waals surface area contributed by atoms with Gasteiger partial charge < -0.3 is 20.8 Å². The number of rotatable bonds is 16. The van der Waals surface area contributed by atoms with Gasteiger partial charge >= 0.3 is 0 Å². The van der Waals surface area contributed by atoms with Crippen molar-refractivity contribution in [3.8, 4) is 0 Å². The van der Waals surface area contributed by atoms with Gasteiger partial charge in [-0.15, -0.1) is 20.6 Å². The van der Waals surface area contributed by atoms with Gasteiger partial charge in [-0.1, -0.05) is 53.4 Å². The Morgan fingerprint density at radius 3 is 0.862 bits per heavy atom. The maximum absolute atomic E-state index is 9.49. The van der Waals surface area contributed by atoms with Gasteiger partial charge in [0.25, 0.3) is 0 Å². The molecule has 0 aromatic carbocycles. The Morgan fingerprint density at radius 1 is 0.517 bits per heavy atom. The van der Waals surface area contributed by atoms with E-state index < -0.39 is 8.07 Å². The van der Waals surface area contributed by atoms with E-state index in [0.29, 0.717) is 0 Å². The third-order valence-corrected chi connectivity index (χ3v) is 12.8. The van der Waals surface area contributed by atoms with Crippen LogP contribution in [-0.4, -0.2) is 53.8 Å². The Balaban J connectivity index is 7.17. The van der Waals surface area contributed by atoms with E-state index in [1.807, 2.05) is 0 Å². The van der Waals surface area contributed by atoms with Crippen LogP contribution < -0.4 is 0 Å². The van der Waals surface area contributed by atoms with Crippen LogP contribution in [0.4, 0.5) is 0 Å². The van der Waals surface area contributed by atoms with E-state index in [2.05, 4.69) is 48.3 Å². The second-order valence-corrected chi connectivity index (χ2v) is 12.6. The molecule has 4 atom stereocenters. The summed E-state index contributed by atoms with van der Waals surface area (Å²) in [5.74, 6) is 0. The summed E-state index contributed by atoms with van der Waals surface area (Å²) < 4.78 is 0. The average Bonchev–Trinajstić information content (AvgIpc) is 2.70. The van der Waals surface area contributed by atoms with Gasteiger partial charge in [0.15, 0.2) is 0 Å². The first-order valence-corrected chi connectivity index (χ1v) is 13.1. The Kier molecular flexibility index (Phi) is 14.9. The predicted octanol–water partition coefficient (Wildman–Crippen LogP) is 5.96. The summed E-state index contributed by atoms with van der Waals surface area (Å²) in [7, 11) is -2.72. The minimum atomic E-state index is -2.72. The zero-order chi connectivity index (χ0) is 22.1. The van der Waals surface area contributed by atoms with E-state index in [1.54, 1.807) is 24.9 Å². The van der Waals surface area contributed by atoms with Gasteiger partial charge in [-0.2, -0.15) is 0 Å². The molecule has 0 aromatic heterocycles. The number of nitrogens with zero attached hydrogens (tertiary/aromatic N) is 4. The van der Waals surface area contributed by atoms with Crippen molar-refractivity contribution in [2.24, 2.45) is 20.6 Å². The molecule has 0 aliphatic carbocycles. The van der Waals surface area contributed by atoms with Crippen molar-refractivity contribution in [1.82, 2.24) is 0 Å². The highest BCUT2D eigenvalue weighted by molar-refractivity contribution is 6.92. The van der Waals surface area contributed by atoms with Crippen molar-refractivity contribution in [2.45, 2.75) is 101 Å². The SMILES string of the molecule is CCCC(C=NO)[Si](C(C=NO)CCC)(C(C=NO)CCC)C(C=NO)CCC. The van der Waals surface area contributed by atoms with E-state index in [1.165, 1.54) is 0 Å². The van der Waals surface area contributed by atoms with Gasteiger partial charge in [0.1, 0.15) is 0 Å². The van der Waals surface area contributed by atoms with E-state index >= 15 is 0 Å². The summed E-state index contributed by atoms with van der Waals surface area (Å²) in [6.07, 6.45) is 13.1. The first kappa shape index (κ1) is 27.1. The van der Waals surface area contributed by atoms with Crippen LogP contribution in [0.5, 0.6) is 0 Å². The fraction of sp³-hybridized carbons (Fsp3) is 0.800. The lowest BCUT2D eigenvalue weighted by atomic mass is 10.2. The molecule has 4 N–H and O–H groups in total. The summed E-state index contributed by atoms with van der Waals surface area (Å²) in [6.45, 7) is 8.32. The fourth-order valence-electron chi connectivity index (χ4n) is 5.03. The van der Waals surface area contributed by atoms with Gasteiger partial charge in [0, 0.05) is 24.9 Å². The lowest BCUT2D eigenvalue weighted by Crippen LogP contribution is -2.55. The molecular weight excluding hydrogens is 388 g/mol. The van der Waals surface area contributed by atoms with Crippen LogP contribution in [0.3, 0.4) is 0 Å². The summed E-state index contributed by atoms with van der Waals surface area (Å²) in [6, 6.07) is 0. The van der Waals surface area contributed by atoms with Crippen LogP contribution in [0.1, 0.15) is 79.1 Å². The van der Waals surface area contributed by atoms with E-state index in [0.717, 1.165) is 51.4 Å². The quantitative estimate of drug-likeness (QED) is 0.105. The van der Waals surface area contributed by atoms with Crippen LogP contribution >= 0.6 is 0 Å². The zero-order valence-electron chi connectivity index (χ0n) is 18.4. The Bertz CT molecular complexity index is 435. The van der Waals surface area contributed by atoms with Crippen molar-refractivity contribution in [1.29, 1.82) is 0 Å². The molecule has 0 amide bonds. The highest BCUT2D eigenvalue weighted by atomic mass is 28.3. The molecule has 0 aliphatic rings. The molecule has 29 heavy (non-hydrogen) atoms. The molecular formula is C20H40N4O4Si. The number of hydrogen-bond acceptors (Lipinski definition) is 8. The van der Waals surface area contributed by atoms with Crippen molar-refractivity contribution in [2.75, 3.05) is 0 Å². The molecule has 0 bridgehead atoms. The highest BCUT2D eigenvalue weighted by Crippen LogP contribution is 2.53. The highest BCUT2D eigenvalue weighted by Gasteiger charge is 2.55. The van der Waals surface area contributed by atoms with E-state index in [9.17, 15) is 20.8 Å². The molecule has 168 valence electrons. The van der Waals surface area contributed by atoms with Crippen LogP contribution in [0.2, 0.25) is 22.2 Å². The predicted molar refractivity (Wildman–Crippen MR) is 122 cm³/mol. The Hall–Kier alpha value is -1.90. The minimum Gasteiger partial charge on any atom is -0.411 e. The molecule has 4 unspecified atom stereocenters. The normalized spacial score (nSPS) is 19.2. The molecule has 0 saturated carbocycles. The van der Waals surface area contributed by atoms with Crippen LogP contribution in [0, 0.1) is 0 Å². The first-order valence-electron chi connectivity index (χ1n) is 10.8. The number of oxime groups is 4. The van der Waals surface area contributed by atoms with Crippen LogP contribution in [0.15, 0.2) is 20.6 Å². The van der Waals surface area contributed by atoms with E-state index in [4.69, 9.17) is 0 Å². The topological polar surface area (TPSA) is 130 Å². The standard InChI is InChI=1S/C20H40N4O4Si/c1-5-9-17(13-21-25)29(18(10-6-2)14-22-26,19(11-7-3)15-23-27)20(12-8-4)16-24-28/h13-20,25-28H,5-12H2,1-4H3. The third kappa shape index (κ3) is 7.13. The van der Waals surface area contributed by atoms with Crippen LogP contribution in [0.25, 0.3) is 0 Å². The lowest BCUT2D eigenvalue weighted by Gasteiger charge is -2.50. The van der Waals surface area contributed by atoms with Gasteiger partial charge in [-0.25, -0.2) is 0 Å². The van der Waals surface area contributed by atoms with Crippen molar-refractivity contribution < 1.29 is 20.8 Å². The number of hydrogen-bond donors (Lipinski definition) is 4. The molecule has 0 saturated heterocycles. The third-order valence-electron chi connectivity index (χ3n) is 5.95. The fourth-order valence-corrected chi connectivity index (χ4v) is 12.8. The molecule has 0 fully saturated rings. The van der Waals surface area contributed by atoms with Crippen molar-refractivity contribution in [3.05, 3.63) is 0 Å². The summed E-state index contributed by atoms with van der Waals surface area (Å²) >= 11 is 0. The summed E-state index contributed by atoms with van der Waals surface area (Å²) in [5.41, 5.74) is -0.292. The lowest BCUT2D eigenvalue weighted by molar-refractivity contribution is 0.318. The van der Waals surface area contributed by atoms with Crippen molar-refractivity contribution >= 4 is 32.9 Å². The maximum atomic E-state index is 9.49. The second-order valence-electron chi connectivity index (χ2n) is 7.64. The van der Waals surface area contributed by atoms with Gasteiger partial charge in [-0.05, 0) is 47.8 Å². The largest absolute Gasteiger partial charge is 0.411 e. The Labute approximate surface area is 176 Å². The summed E-state index contributed by atoms with van der Waals surface area (Å²) in [4.78, 5) is 0. The molecule has 9 heteroatoms. The molecule has 0 aliphatic heterocycles. The Morgan fingerprint density at radius 2 is 0.724 bits per heavy atom. The molecule has 0 heterocycles. The zero-order valence-corrected chi connectivity index (χ0v) is 19.4. The van der Waals surface area contributed by atoms with Gasteiger partial charge in [-0.3, -0.25) is 0 Å². The molecule has 0 radical (unpaired) electrons. The molecule has 0 aromatic rings. The maximum Gasteiger partial charge on any atom is 0.0882 e. The van der Waals surface area contributed by atoms with Gasteiger partial charge in [0.05, 0.1) is 8.07 Å². The van der Waals surface area contributed by atoms with E-state index in [-0.39, 0.29) is 22.2 Å². The molecule has 8 nitrogen and oxygen atoms in total. The summed E-state index contributed by atoms with van der Waals surface area (Å²) in [5, 5.41) is 51.6. The average molecular weight is 429 g/mol. The smallest absolute Gasteiger partial charge is 0.0882 e. The first-order chi connectivity index (χ1) is 14.1. The monoisotopic (exact) mass is 428 g/mol.